The molecule has 0 radical (unpaired) electrons. The van der Waals surface area contributed by atoms with Gasteiger partial charge in [0.15, 0.2) is 10.9 Å². The highest BCUT2D eigenvalue weighted by molar-refractivity contribution is 8.13. The average Bonchev–Trinajstić information content (AvgIpc) is 3.37. The molecule has 2 aromatic carbocycles. The van der Waals surface area contributed by atoms with Gasteiger partial charge in [-0.3, -0.25) is 10.1 Å². The number of benzene rings is 2. The van der Waals surface area contributed by atoms with Crippen molar-refractivity contribution in [3.8, 4) is 11.3 Å². The van der Waals surface area contributed by atoms with E-state index in [0.29, 0.717) is 39.9 Å². The number of para-hydroxylation sites is 1. The predicted octanol–water partition coefficient (Wildman–Crippen LogP) is 3.41. The van der Waals surface area contributed by atoms with Crippen LogP contribution in [0.1, 0.15) is 42.6 Å². The molecular formula is C26H24N4O4S. The van der Waals surface area contributed by atoms with Crippen LogP contribution in [0.3, 0.4) is 0 Å². The fraction of sp³-hybridized carbons (Fsp3) is 0.231. The minimum atomic E-state index is -0.629. The van der Waals surface area contributed by atoms with Gasteiger partial charge in [-0.2, -0.15) is 0 Å². The molecule has 1 atom stereocenters. The molecule has 5 rings (SSSR count). The highest BCUT2D eigenvalue weighted by Crippen LogP contribution is 2.34. The zero-order valence-electron chi connectivity index (χ0n) is 19.4. The number of hydrogen-bond donors (Lipinski definition) is 1. The van der Waals surface area contributed by atoms with E-state index < -0.39 is 6.17 Å². The van der Waals surface area contributed by atoms with Crippen molar-refractivity contribution in [2.75, 3.05) is 12.4 Å². The Morgan fingerprint density at radius 2 is 1.91 bits per heavy atom. The van der Waals surface area contributed by atoms with Crippen molar-refractivity contribution in [2.45, 2.75) is 26.4 Å². The van der Waals surface area contributed by atoms with E-state index in [9.17, 15) is 9.59 Å². The van der Waals surface area contributed by atoms with Crippen LogP contribution in [0.15, 0.2) is 75.2 Å². The normalized spacial score (nSPS) is 16.6. The van der Waals surface area contributed by atoms with Crippen molar-refractivity contribution < 1.29 is 18.7 Å². The molecule has 1 N–H and O–H groups in total. The summed E-state index contributed by atoms with van der Waals surface area (Å²) in [7, 11) is 0. The van der Waals surface area contributed by atoms with Gasteiger partial charge >= 0.3 is 5.97 Å². The second kappa shape index (κ2) is 9.79. The Hall–Kier alpha value is -3.85. The molecule has 1 aromatic heterocycles. The molecule has 0 bridgehead atoms. The number of amidine groups is 1. The summed E-state index contributed by atoms with van der Waals surface area (Å²) in [5, 5.41) is 11.2. The summed E-state index contributed by atoms with van der Waals surface area (Å²) in [4.78, 5) is 29.9. The van der Waals surface area contributed by atoms with Crippen LogP contribution in [0.25, 0.3) is 17.0 Å². The Morgan fingerprint density at radius 1 is 1.11 bits per heavy atom. The van der Waals surface area contributed by atoms with Gasteiger partial charge in [0, 0.05) is 16.5 Å². The Bertz CT molecular complexity index is 1430. The molecule has 35 heavy (non-hydrogen) atoms. The van der Waals surface area contributed by atoms with Crippen LogP contribution >= 0.6 is 11.8 Å². The SMILES string of the molecule is CCCSC1=NN2C(=c3ccccc3=NC2c2ccc(-c3ccc(C(=O)OCC)cc3)o2)C(=O)N1. The second-order valence-corrected chi connectivity index (χ2v) is 9.00. The number of thioether (sulfide) groups is 1. The van der Waals surface area contributed by atoms with Crippen LogP contribution in [0.2, 0.25) is 0 Å². The zero-order chi connectivity index (χ0) is 24.4. The van der Waals surface area contributed by atoms with E-state index in [1.807, 2.05) is 48.5 Å². The lowest BCUT2D eigenvalue weighted by Crippen LogP contribution is -2.50. The number of esters is 1. The maximum Gasteiger partial charge on any atom is 0.338 e. The lowest BCUT2D eigenvalue weighted by molar-refractivity contribution is -0.116. The molecule has 0 aliphatic carbocycles. The number of carbonyl (C=O) groups excluding carboxylic acids is 2. The van der Waals surface area contributed by atoms with Crippen LogP contribution in [0.5, 0.6) is 0 Å². The maximum absolute atomic E-state index is 13.1. The first kappa shape index (κ1) is 22.9. The minimum absolute atomic E-state index is 0.215. The number of carbonyl (C=O) groups is 2. The van der Waals surface area contributed by atoms with Crippen LogP contribution in [-0.2, 0) is 9.53 Å². The number of nitrogens with zero attached hydrogens (tertiary/aromatic N) is 3. The summed E-state index contributed by atoms with van der Waals surface area (Å²) >= 11 is 1.50. The van der Waals surface area contributed by atoms with E-state index in [-0.39, 0.29) is 11.9 Å². The number of amides is 1. The highest BCUT2D eigenvalue weighted by atomic mass is 32.2. The smallest absolute Gasteiger partial charge is 0.338 e. The van der Waals surface area contributed by atoms with Crippen LogP contribution in [-0.4, -0.2) is 34.4 Å². The molecule has 1 unspecified atom stereocenters. The minimum Gasteiger partial charge on any atom is -0.462 e. The number of rotatable bonds is 6. The molecule has 8 nitrogen and oxygen atoms in total. The van der Waals surface area contributed by atoms with Gasteiger partial charge < -0.3 is 9.15 Å². The molecule has 3 heterocycles. The summed E-state index contributed by atoms with van der Waals surface area (Å²) in [5.74, 6) is 1.44. The van der Waals surface area contributed by atoms with E-state index in [2.05, 4.69) is 12.2 Å². The third-order valence-corrected chi connectivity index (χ3v) is 6.59. The molecule has 0 saturated carbocycles. The summed E-state index contributed by atoms with van der Waals surface area (Å²) in [6.07, 6.45) is 0.333. The Kier molecular flexibility index (Phi) is 6.41. The molecule has 0 saturated heterocycles. The number of furan rings is 1. The lowest BCUT2D eigenvalue weighted by Gasteiger charge is -2.32. The van der Waals surface area contributed by atoms with Gasteiger partial charge in [0.2, 0.25) is 6.17 Å². The molecule has 0 spiro atoms. The quantitative estimate of drug-likeness (QED) is 0.534. The van der Waals surface area contributed by atoms with Crippen molar-refractivity contribution in [2.24, 2.45) is 10.1 Å². The lowest BCUT2D eigenvalue weighted by atomic mass is 10.1. The Morgan fingerprint density at radius 3 is 2.69 bits per heavy atom. The van der Waals surface area contributed by atoms with Crippen molar-refractivity contribution in [1.29, 1.82) is 0 Å². The van der Waals surface area contributed by atoms with Crippen molar-refractivity contribution >= 4 is 34.5 Å². The number of hydrogen-bond acceptors (Lipinski definition) is 8. The topological polar surface area (TPSA) is 96.5 Å². The Labute approximate surface area is 206 Å². The van der Waals surface area contributed by atoms with Crippen LogP contribution in [0.4, 0.5) is 0 Å². The maximum atomic E-state index is 13.1. The predicted molar refractivity (Wildman–Crippen MR) is 134 cm³/mol. The highest BCUT2D eigenvalue weighted by Gasteiger charge is 2.35. The second-order valence-electron chi connectivity index (χ2n) is 7.92. The van der Waals surface area contributed by atoms with Gasteiger partial charge in [0.1, 0.15) is 11.5 Å². The molecule has 2 aliphatic heterocycles. The largest absolute Gasteiger partial charge is 0.462 e. The third kappa shape index (κ3) is 4.46. The van der Waals surface area contributed by atoms with E-state index in [1.54, 1.807) is 24.1 Å². The molecule has 178 valence electrons. The van der Waals surface area contributed by atoms with Crippen LogP contribution in [0, 0.1) is 0 Å². The van der Waals surface area contributed by atoms with Crippen molar-refractivity contribution in [1.82, 2.24) is 10.3 Å². The summed E-state index contributed by atoms with van der Waals surface area (Å²) in [6.45, 7) is 4.18. The standard InChI is InChI=1S/C26H24N4O4S/c1-3-15-35-26-28-24(31)22-18-7-5-6-8-19(18)27-23(30(22)29-26)21-14-13-20(34-21)16-9-11-17(12-10-16)25(32)33-4-2/h5-14,23H,3-4,15H2,1-2H3,(H,28,29,31). The van der Waals surface area contributed by atoms with Gasteiger partial charge in [-0.1, -0.05) is 49.0 Å². The summed E-state index contributed by atoms with van der Waals surface area (Å²) in [5.41, 5.74) is 1.73. The molecule has 2 aliphatic rings. The zero-order valence-corrected chi connectivity index (χ0v) is 20.2. The molecule has 9 heteroatoms. The van der Waals surface area contributed by atoms with Gasteiger partial charge in [0.25, 0.3) is 5.91 Å². The summed E-state index contributed by atoms with van der Waals surface area (Å²) < 4.78 is 11.2. The van der Waals surface area contributed by atoms with E-state index in [0.717, 1.165) is 23.0 Å². The fourth-order valence-electron chi connectivity index (χ4n) is 3.91. The molecule has 3 aromatic rings. The van der Waals surface area contributed by atoms with E-state index in [1.165, 1.54) is 11.8 Å². The first-order valence-corrected chi connectivity index (χ1v) is 12.4. The van der Waals surface area contributed by atoms with Gasteiger partial charge in [0.05, 0.1) is 17.5 Å². The number of nitrogens with one attached hydrogen (secondary N) is 1. The van der Waals surface area contributed by atoms with Gasteiger partial charge in [-0.15, -0.1) is 5.10 Å². The van der Waals surface area contributed by atoms with E-state index >= 15 is 0 Å². The van der Waals surface area contributed by atoms with Crippen molar-refractivity contribution in [3.05, 3.63) is 82.6 Å². The van der Waals surface area contributed by atoms with Crippen molar-refractivity contribution in [3.63, 3.8) is 0 Å². The third-order valence-electron chi connectivity index (χ3n) is 5.52. The number of fused-ring (bicyclic) bond motifs is 2. The number of ether oxygens (including phenoxy) is 1. The van der Waals surface area contributed by atoms with Crippen LogP contribution < -0.4 is 15.9 Å². The average molecular weight is 489 g/mol. The van der Waals surface area contributed by atoms with Gasteiger partial charge in [-0.25, -0.2) is 14.8 Å². The molecular weight excluding hydrogens is 464 g/mol. The first-order chi connectivity index (χ1) is 17.1. The number of hydrazone groups is 1. The van der Waals surface area contributed by atoms with E-state index in [4.69, 9.17) is 19.2 Å². The summed E-state index contributed by atoms with van der Waals surface area (Å²) in [6, 6.07) is 18.2. The molecule has 1 amide bonds. The fourth-order valence-corrected chi connectivity index (χ4v) is 4.62. The molecule has 0 fully saturated rings. The van der Waals surface area contributed by atoms with Gasteiger partial charge in [-0.05, 0) is 43.7 Å². The monoisotopic (exact) mass is 488 g/mol. The Balaban J connectivity index is 1.52. The first-order valence-electron chi connectivity index (χ1n) is 11.5.